The van der Waals surface area contributed by atoms with E-state index in [9.17, 15) is 9.59 Å². The Hall–Kier alpha value is -3.00. The normalized spacial score (nSPS) is 17.6. The van der Waals surface area contributed by atoms with Gasteiger partial charge in [-0.15, -0.1) is 10.2 Å². The molecule has 1 aromatic heterocycles. The Kier molecular flexibility index (Phi) is 6.54. The first kappa shape index (κ1) is 19.8. The van der Waals surface area contributed by atoms with E-state index in [1.165, 1.54) is 4.90 Å². The van der Waals surface area contributed by atoms with Crippen LogP contribution in [0.5, 0.6) is 0 Å². The largest absolute Gasteiger partial charge is 0.424 e. The van der Waals surface area contributed by atoms with Gasteiger partial charge in [-0.1, -0.05) is 42.5 Å². The van der Waals surface area contributed by atoms with Gasteiger partial charge in [0, 0.05) is 33.6 Å². The molecule has 2 aromatic rings. The molecule has 1 N–H and O–H groups in total. The number of piperazine rings is 1. The number of nitrogens with one attached hydrogen (secondary N) is 1. The zero-order valence-corrected chi connectivity index (χ0v) is 16.2. The minimum absolute atomic E-state index is 0.106. The molecule has 1 aliphatic heterocycles. The number of aryl methyl sites for hydroxylation is 1. The Morgan fingerprint density at radius 2 is 2.14 bits per heavy atom. The molecule has 1 atom stereocenters. The Bertz CT molecular complexity index is 833. The van der Waals surface area contributed by atoms with Gasteiger partial charge in [0.1, 0.15) is 0 Å². The van der Waals surface area contributed by atoms with E-state index in [1.54, 1.807) is 14.0 Å². The third-order valence-electron chi connectivity index (χ3n) is 4.63. The Labute approximate surface area is 164 Å². The van der Waals surface area contributed by atoms with Gasteiger partial charge in [0.15, 0.2) is 0 Å². The molecule has 1 saturated heterocycles. The first-order valence-corrected chi connectivity index (χ1v) is 9.29. The van der Waals surface area contributed by atoms with E-state index >= 15 is 0 Å². The Morgan fingerprint density at radius 1 is 1.36 bits per heavy atom. The van der Waals surface area contributed by atoms with Gasteiger partial charge >= 0.3 is 0 Å². The number of nitrogens with zero attached hydrogens (tertiary/aromatic N) is 4. The lowest BCUT2D eigenvalue weighted by Crippen LogP contribution is -2.56. The van der Waals surface area contributed by atoms with Crippen molar-refractivity contribution in [3.63, 3.8) is 0 Å². The van der Waals surface area contributed by atoms with Gasteiger partial charge in [-0.25, -0.2) is 0 Å². The molecule has 0 radical (unpaired) electrons. The molecule has 0 aliphatic carbocycles. The molecule has 8 nitrogen and oxygen atoms in total. The van der Waals surface area contributed by atoms with Crippen LogP contribution in [0.25, 0.3) is 6.08 Å². The first-order chi connectivity index (χ1) is 13.5. The zero-order valence-electron chi connectivity index (χ0n) is 16.2. The molecule has 8 heteroatoms. The molecular weight excluding hydrogens is 358 g/mol. The fraction of sp³-hybridized carbons (Fsp3) is 0.400. The van der Waals surface area contributed by atoms with Crippen molar-refractivity contribution in [3.05, 3.63) is 53.8 Å². The van der Waals surface area contributed by atoms with Gasteiger partial charge in [-0.2, -0.15) is 0 Å². The third kappa shape index (κ3) is 5.26. The monoisotopic (exact) mass is 383 g/mol. The van der Waals surface area contributed by atoms with Crippen molar-refractivity contribution < 1.29 is 14.0 Å². The summed E-state index contributed by atoms with van der Waals surface area (Å²) < 4.78 is 5.32. The van der Waals surface area contributed by atoms with Gasteiger partial charge in [-0.3, -0.25) is 14.5 Å². The van der Waals surface area contributed by atoms with Crippen LogP contribution in [0.15, 0.2) is 40.8 Å². The van der Waals surface area contributed by atoms with E-state index in [0.29, 0.717) is 31.4 Å². The molecule has 0 spiro atoms. The highest BCUT2D eigenvalue weighted by Gasteiger charge is 2.32. The summed E-state index contributed by atoms with van der Waals surface area (Å²) in [5.41, 5.74) is 1.10. The van der Waals surface area contributed by atoms with Crippen molar-refractivity contribution in [3.8, 4) is 0 Å². The number of hydrogen-bond donors (Lipinski definition) is 1. The Morgan fingerprint density at radius 3 is 2.86 bits per heavy atom. The maximum Gasteiger partial charge on any atom is 0.237 e. The SMILES string of the molecule is Cc1nnc(CN(C)C(=O)CC2C(=O)NCCN2CC=Cc2ccccc2)o1. The maximum absolute atomic E-state index is 12.6. The van der Waals surface area contributed by atoms with Gasteiger partial charge < -0.3 is 14.6 Å². The molecular formula is C20H25N5O3. The van der Waals surface area contributed by atoms with Crippen LogP contribution in [-0.2, 0) is 16.1 Å². The van der Waals surface area contributed by atoms with Crippen LogP contribution in [0.2, 0.25) is 0 Å². The number of carbonyl (C=O) groups excluding carboxylic acids is 2. The molecule has 1 unspecified atom stereocenters. The van der Waals surface area contributed by atoms with E-state index in [4.69, 9.17) is 4.42 Å². The summed E-state index contributed by atoms with van der Waals surface area (Å²) in [4.78, 5) is 28.5. The third-order valence-corrected chi connectivity index (χ3v) is 4.63. The number of rotatable bonds is 7. The molecule has 0 bridgehead atoms. The van der Waals surface area contributed by atoms with Crippen LogP contribution >= 0.6 is 0 Å². The lowest BCUT2D eigenvalue weighted by atomic mass is 10.1. The van der Waals surface area contributed by atoms with Gasteiger partial charge in [0.05, 0.1) is 19.0 Å². The molecule has 2 heterocycles. The van der Waals surface area contributed by atoms with Crippen LogP contribution in [-0.4, -0.2) is 64.5 Å². The average Bonchev–Trinajstić information content (AvgIpc) is 3.09. The molecule has 1 aliphatic rings. The fourth-order valence-corrected chi connectivity index (χ4v) is 3.10. The Balaban J connectivity index is 1.59. The standard InChI is InChI=1S/C20H25N5O3/c1-15-22-23-18(28-15)14-24(2)19(26)13-17-20(27)21-10-12-25(17)11-6-9-16-7-4-3-5-8-16/h3-9,17H,10-14H2,1-2H3,(H,21,27). The molecule has 28 heavy (non-hydrogen) atoms. The van der Waals surface area contributed by atoms with Crippen molar-refractivity contribution in [2.45, 2.75) is 25.9 Å². The molecule has 148 valence electrons. The molecule has 1 aromatic carbocycles. The number of amides is 2. The van der Waals surface area contributed by atoms with E-state index in [2.05, 4.69) is 15.5 Å². The zero-order chi connectivity index (χ0) is 19.9. The summed E-state index contributed by atoms with van der Waals surface area (Å²) in [5, 5.41) is 10.5. The first-order valence-electron chi connectivity index (χ1n) is 9.29. The second kappa shape index (κ2) is 9.27. The highest BCUT2D eigenvalue weighted by Crippen LogP contribution is 2.12. The molecule has 3 rings (SSSR count). The van der Waals surface area contributed by atoms with Crippen molar-refractivity contribution in [2.75, 3.05) is 26.7 Å². The molecule has 1 fully saturated rings. The van der Waals surface area contributed by atoms with E-state index in [1.807, 2.05) is 47.4 Å². The van der Waals surface area contributed by atoms with E-state index in [-0.39, 0.29) is 24.8 Å². The second-order valence-corrected chi connectivity index (χ2v) is 6.78. The summed E-state index contributed by atoms with van der Waals surface area (Å²) in [6.07, 6.45) is 4.15. The fourth-order valence-electron chi connectivity index (χ4n) is 3.10. The summed E-state index contributed by atoms with van der Waals surface area (Å²) >= 11 is 0. The minimum atomic E-state index is -0.492. The number of benzene rings is 1. The molecule has 0 saturated carbocycles. The van der Waals surface area contributed by atoms with Crippen molar-refractivity contribution in [1.82, 2.24) is 25.3 Å². The van der Waals surface area contributed by atoms with Gasteiger partial charge in [-0.05, 0) is 5.56 Å². The van der Waals surface area contributed by atoms with E-state index < -0.39 is 6.04 Å². The highest BCUT2D eigenvalue weighted by molar-refractivity contribution is 5.88. The predicted octanol–water partition coefficient (Wildman–Crippen LogP) is 1.24. The number of aromatic nitrogens is 2. The lowest BCUT2D eigenvalue weighted by Gasteiger charge is -2.34. The summed E-state index contributed by atoms with van der Waals surface area (Å²) in [6.45, 7) is 3.81. The summed E-state index contributed by atoms with van der Waals surface area (Å²) in [6, 6.07) is 9.49. The van der Waals surface area contributed by atoms with Crippen LogP contribution < -0.4 is 5.32 Å². The smallest absolute Gasteiger partial charge is 0.237 e. The topological polar surface area (TPSA) is 91.6 Å². The quantitative estimate of drug-likeness (QED) is 0.774. The van der Waals surface area contributed by atoms with Gasteiger partial charge in [0.2, 0.25) is 23.6 Å². The van der Waals surface area contributed by atoms with Crippen molar-refractivity contribution in [1.29, 1.82) is 0 Å². The lowest BCUT2D eigenvalue weighted by molar-refractivity contribution is -0.138. The maximum atomic E-state index is 12.6. The number of hydrogen-bond acceptors (Lipinski definition) is 6. The average molecular weight is 383 g/mol. The summed E-state index contributed by atoms with van der Waals surface area (Å²) in [5.74, 6) is 0.577. The van der Waals surface area contributed by atoms with Crippen LogP contribution in [0.4, 0.5) is 0 Å². The van der Waals surface area contributed by atoms with Crippen LogP contribution in [0.1, 0.15) is 23.8 Å². The van der Waals surface area contributed by atoms with Crippen LogP contribution in [0.3, 0.4) is 0 Å². The van der Waals surface area contributed by atoms with Crippen molar-refractivity contribution in [2.24, 2.45) is 0 Å². The predicted molar refractivity (Wildman–Crippen MR) is 104 cm³/mol. The highest BCUT2D eigenvalue weighted by atomic mass is 16.4. The number of carbonyl (C=O) groups is 2. The van der Waals surface area contributed by atoms with Crippen LogP contribution in [0, 0.1) is 6.92 Å². The molecule has 2 amide bonds. The van der Waals surface area contributed by atoms with Gasteiger partial charge in [0.25, 0.3) is 0 Å². The van der Waals surface area contributed by atoms with E-state index in [0.717, 1.165) is 5.56 Å². The summed E-state index contributed by atoms with van der Waals surface area (Å²) in [7, 11) is 1.67. The minimum Gasteiger partial charge on any atom is -0.424 e. The second-order valence-electron chi connectivity index (χ2n) is 6.78. The van der Waals surface area contributed by atoms with Crippen molar-refractivity contribution >= 4 is 17.9 Å².